The third kappa shape index (κ3) is 4.70. The molecule has 0 aromatic heterocycles. The number of nitrogens with one attached hydrogen (secondary N) is 1. The molecular formula is C14H21F2NO. The molecule has 18 heavy (non-hydrogen) atoms. The molecule has 0 bridgehead atoms. The smallest absolute Gasteiger partial charge is 0.126 e. The fourth-order valence-electron chi connectivity index (χ4n) is 1.86. The third-order valence-electron chi connectivity index (χ3n) is 2.90. The standard InChI is InChI=1S/C14H21F2NO/c1-4-5-17-14(6-10(2)18-3)11-7-12(15)9-13(16)8-11/h7-10,14,17H,4-6H2,1-3H3. The lowest BCUT2D eigenvalue weighted by atomic mass is 10.0. The summed E-state index contributed by atoms with van der Waals surface area (Å²) in [6.07, 6.45) is 1.68. The second-order valence-electron chi connectivity index (χ2n) is 4.49. The van der Waals surface area contributed by atoms with Gasteiger partial charge in [-0.3, -0.25) is 0 Å². The first-order valence-electron chi connectivity index (χ1n) is 6.29. The average molecular weight is 257 g/mol. The van der Waals surface area contributed by atoms with E-state index in [1.807, 2.05) is 6.92 Å². The van der Waals surface area contributed by atoms with Crippen molar-refractivity contribution in [2.75, 3.05) is 13.7 Å². The summed E-state index contributed by atoms with van der Waals surface area (Å²) >= 11 is 0. The minimum Gasteiger partial charge on any atom is -0.382 e. The van der Waals surface area contributed by atoms with Crippen LogP contribution < -0.4 is 5.32 Å². The number of rotatable bonds is 7. The summed E-state index contributed by atoms with van der Waals surface area (Å²) in [4.78, 5) is 0. The van der Waals surface area contributed by atoms with Crippen molar-refractivity contribution in [1.29, 1.82) is 0 Å². The molecule has 0 radical (unpaired) electrons. The van der Waals surface area contributed by atoms with Crippen molar-refractivity contribution in [3.05, 3.63) is 35.4 Å². The highest BCUT2D eigenvalue weighted by Crippen LogP contribution is 2.21. The van der Waals surface area contributed by atoms with Crippen LogP contribution in [-0.4, -0.2) is 19.8 Å². The summed E-state index contributed by atoms with van der Waals surface area (Å²) in [6, 6.07) is 3.54. The number of methoxy groups -OCH3 is 1. The van der Waals surface area contributed by atoms with Gasteiger partial charge in [0.25, 0.3) is 0 Å². The Labute approximate surface area is 107 Å². The van der Waals surface area contributed by atoms with E-state index in [9.17, 15) is 8.78 Å². The zero-order chi connectivity index (χ0) is 13.5. The topological polar surface area (TPSA) is 21.3 Å². The molecule has 1 aromatic rings. The molecule has 4 heteroatoms. The summed E-state index contributed by atoms with van der Waals surface area (Å²) in [5, 5.41) is 3.29. The van der Waals surface area contributed by atoms with E-state index in [0.29, 0.717) is 12.0 Å². The van der Waals surface area contributed by atoms with Crippen LogP contribution in [0.1, 0.15) is 38.3 Å². The number of ether oxygens (including phenoxy) is 1. The molecule has 2 unspecified atom stereocenters. The van der Waals surface area contributed by atoms with Crippen molar-refractivity contribution in [2.45, 2.75) is 38.8 Å². The normalized spacial score (nSPS) is 14.5. The van der Waals surface area contributed by atoms with Crippen molar-refractivity contribution < 1.29 is 13.5 Å². The zero-order valence-corrected chi connectivity index (χ0v) is 11.2. The lowest BCUT2D eigenvalue weighted by Crippen LogP contribution is -2.26. The van der Waals surface area contributed by atoms with Crippen molar-refractivity contribution in [1.82, 2.24) is 5.32 Å². The van der Waals surface area contributed by atoms with Gasteiger partial charge in [-0.05, 0) is 44.0 Å². The zero-order valence-electron chi connectivity index (χ0n) is 11.2. The number of benzene rings is 1. The van der Waals surface area contributed by atoms with Crippen LogP contribution in [0.2, 0.25) is 0 Å². The number of hydrogen-bond acceptors (Lipinski definition) is 2. The number of halogens is 2. The highest BCUT2D eigenvalue weighted by Gasteiger charge is 2.16. The van der Waals surface area contributed by atoms with E-state index < -0.39 is 11.6 Å². The maximum atomic E-state index is 13.2. The minimum atomic E-state index is -0.543. The van der Waals surface area contributed by atoms with Crippen LogP contribution in [0.5, 0.6) is 0 Å². The summed E-state index contributed by atoms with van der Waals surface area (Å²) in [7, 11) is 1.63. The molecular weight excluding hydrogens is 236 g/mol. The highest BCUT2D eigenvalue weighted by atomic mass is 19.1. The molecule has 0 amide bonds. The quantitative estimate of drug-likeness (QED) is 0.808. The molecule has 2 atom stereocenters. The molecule has 0 fully saturated rings. The number of hydrogen-bond donors (Lipinski definition) is 1. The van der Waals surface area contributed by atoms with Gasteiger partial charge in [0, 0.05) is 19.2 Å². The second-order valence-corrected chi connectivity index (χ2v) is 4.49. The van der Waals surface area contributed by atoms with E-state index in [-0.39, 0.29) is 12.1 Å². The SMILES string of the molecule is CCCNC(CC(C)OC)c1cc(F)cc(F)c1. The van der Waals surface area contributed by atoms with E-state index in [4.69, 9.17) is 4.74 Å². The van der Waals surface area contributed by atoms with Gasteiger partial charge in [-0.25, -0.2) is 8.78 Å². The van der Waals surface area contributed by atoms with Crippen LogP contribution >= 0.6 is 0 Å². The van der Waals surface area contributed by atoms with Crippen LogP contribution in [0.25, 0.3) is 0 Å². The Kier molecular flexibility index (Phi) is 6.22. The summed E-state index contributed by atoms with van der Waals surface area (Å²) in [5.41, 5.74) is 0.629. The first kappa shape index (κ1) is 15.1. The lowest BCUT2D eigenvalue weighted by molar-refractivity contribution is 0.100. The fraction of sp³-hybridized carbons (Fsp3) is 0.571. The van der Waals surface area contributed by atoms with Crippen LogP contribution in [0, 0.1) is 11.6 Å². The van der Waals surface area contributed by atoms with Crippen molar-refractivity contribution in [2.24, 2.45) is 0 Å². The Morgan fingerprint density at radius 1 is 1.22 bits per heavy atom. The van der Waals surface area contributed by atoms with Gasteiger partial charge < -0.3 is 10.1 Å². The molecule has 0 saturated carbocycles. The Morgan fingerprint density at radius 3 is 2.33 bits per heavy atom. The minimum absolute atomic E-state index is 0.0330. The summed E-state index contributed by atoms with van der Waals surface area (Å²) in [6.45, 7) is 4.80. The Hall–Kier alpha value is -1.00. The monoisotopic (exact) mass is 257 g/mol. The van der Waals surface area contributed by atoms with Gasteiger partial charge in [-0.2, -0.15) is 0 Å². The average Bonchev–Trinajstić information content (AvgIpc) is 2.32. The molecule has 0 heterocycles. The van der Waals surface area contributed by atoms with E-state index in [1.165, 1.54) is 12.1 Å². The molecule has 1 N–H and O–H groups in total. The largest absolute Gasteiger partial charge is 0.382 e. The van der Waals surface area contributed by atoms with E-state index >= 15 is 0 Å². The molecule has 2 nitrogen and oxygen atoms in total. The maximum Gasteiger partial charge on any atom is 0.126 e. The van der Waals surface area contributed by atoms with E-state index in [0.717, 1.165) is 19.0 Å². The summed E-state index contributed by atoms with van der Waals surface area (Å²) in [5.74, 6) is -1.09. The van der Waals surface area contributed by atoms with Crippen LogP contribution in [0.15, 0.2) is 18.2 Å². The summed E-state index contributed by atoms with van der Waals surface area (Å²) < 4.78 is 31.7. The first-order valence-corrected chi connectivity index (χ1v) is 6.29. The highest BCUT2D eigenvalue weighted by molar-refractivity contribution is 5.21. The molecule has 0 spiro atoms. The Morgan fingerprint density at radius 2 is 1.83 bits per heavy atom. The molecule has 0 saturated heterocycles. The predicted molar refractivity (Wildman–Crippen MR) is 68.5 cm³/mol. The van der Waals surface area contributed by atoms with Gasteiger partial charge in [0.15, 0.2) is 0 Å². The van der Waals surface area contributed by atoms with Gasteiger partial charge in [-0.1, -0.05) is 6.92 Å². The molecule has 0 aliphatic carbocycles. The fourth-order valence-corrected chi connectivity index (χ4v) is 1.86. The molecule has 102 valence electrons. The van der Waals surface area contributed by atoms with E-state index in [1.54, 1.807) is 7.11 Å². The predicted octanol–water partition coefficient (Wildman–Crippen LogP) is 3.43. The van der Waals surface area contributed by atoms with Gasteiger partial charge in [0.1, 0.15) is 11.6 Å². The Bertz CT molecular complexity index is 351. The van der Waals surface area contributed by atoms with Gasteiger partial charge in [-0.15, -0.1) is 0 Å². The van der Waals surface area contributed by atoms with Crippen LogP contribution in [0.4, 0.5) is 8.78 Å². The van der Waals surface area contributed by atoms with Gasteiger partial charge in [0.2, 0.25) is 0 Å². The Balaban J connectivity index is 2.85. The van der Waals surface area contributed by atoms with Crippen molar-refractivity contribution >= 4 is 0 Å². The first-order chi connectivity index (χ1) is 8.56. The molecule has 0 aliphatic rings. The van der Waals surface area contributed by atoms with Gasteiger partial charge in [0.05, 0.1) is 6.10 Å². The molecule has 0 aliphatic heterocycles. The van der Waals surface area contributed by atoms with Gasteiger partial charge >= 0.3 is 0 Å². The van der Waals surface area contributed by atoms with Crippen LogP contribution in [-0.2, 0) is 4.74 Å². The lowest BCUT2D eigenvalue weighted by Gasteiger charge is -2.22. The maximum absolute atomic E-state index is 13.2. The third-order valence-corrected chi connectivity index (χ3v) is 2.90. The molecule has 1 aromatic carbocycles. The van der Waals surface area contributed by atoms with Crippen molar-refractivity contribution in [3.63, 3.8) is 0 Å². The van der Waals surface area contributed by atoms with E-state index in [2.05, 4.69) is 12.2 Å². The molecule has 1 rings (SSSR count). The second kappa shape index (κ2) is 7.44. The van der Waals surface area contributed by atoms with Crippen LogP contribution in [0.3, 0.4) is 0 Å². The van der Waals surface area contributed by atoms with Crippen molar-refractivity contribution in [3.8, 4) is 0 Å².